The minimum Gasteiger partial charge on any atom is -0.756 e. The molecule has 16 nitrogen and oxygen atoms in total. The third-order valence-corrected chi connectivity index (χ3v) is 6.96. The molecule has 6 atom stereocenters. The third-order valence-electron chi connectivity index (χ3n) is 3.18. The molecule has 1 fully saturated rings. The quantitative estimate of drug-likeness (QED) is 0.175. The van der Waals surface area contributed by atoms with Crippen molar-refractivity contribution in [2.75, 3.05) is 12.3 Å². The summed E-state index contributed by atoms with van der Waals surface area (Å²) < 4.78 is 50.9. The van der Waals surface area contributed by atoms with E-state index in [0.717, 1.165) is 4.57 Å². The second-order valence-corrected chi connectivity index (χ2v) is 9.72. The van der Waals surface area contributed by atoms with Crippen molar-refractivity contribution in [3.8, 4) is 0 Å². The van der Waals surface area contributed by atoms with Gasteiger partial charge in [0.05, 0.1) is 12.7 Å². The van der Waals surface area contributed by atoms with Crippen LogP contribution in [0.1, 0.15) is 12.6 Å². The molecular weight excluding hydrogens is 458 g/mol. The van der Waals surface area contributed by atoms with Gasteiger partial charge in [0.2, 0.25) is 0 Å². The Balaban J connectivity index is 0.00000420. The van der Waals surface area contributed by atoms with Gasteiger partial charge in [0.1, 0.15) is 18.1 Å². The number of hydrogen-bond donors (Lipinski definition) is 5. The van der Waals surface area contributed by atoms with Crippen LogP contribution in [0.3, 0.4) is 0 Å². The van der Waals surface area contributed by atoms with E-state index in [1.54, 1.807) is 0 Å². The number of phosphoric acid groups is 3. The van der Waals surface area contributed by atoms with E-state index in [4.69, 9.17) is 20.3 Å². The van der Waals surface area contributed by atoms with E-state index in [-0.39, 0.29) is 31.1 Å². The van der Waals surface area contributed by atoms with Gasteiger partial charge in [0.25, 0.3) is 7.82 Å². The minimum absolute atomic E-state index is 0. The van der Waals surface area contributed by atoms with E-state index < -0.39 is 54.2 Å². The second-order valence-electron chi connectivity index (χ2n) is 5.34. The van der Waals surface area contributed by atoms with Gasteiger partial charge in [-0.15, -0.1) is 0 Å². The van der Waals surface area contributed by atoms with Crippen molar-refractivity contribution in [2.24, 2.45) is 0 Å². The standard InChI is InChI=1S/C9H16N3O13P3.Li/c10-7-1-2-12(9(14)11-7)8-3-5(13)6(23-8)4-22-27(18,19)25-28(20,21)24-26(15,16)17;/h1-2,5-6,8,13H,3-4H2,(H,18,19)(H,20,21)(H2,10,11,14)(H2,15,16,17);/q;+1/p-1. The van der Waals surface area contributed by atoms with Crippen LogP contribution in [0.2, 0.25) is 0 Å². The first-order valence-corrected chi connectivity index (χ1v) is 11.6. The van der Waals surface area contributed by atoms with Crippen molar-refractivity contribution in [2.45, 2.75) is 24.9 Å². The number of aromatic nitrogens is 2. The molecule has 0 spiro atoms. The molecule has 1 aliphatic rings. The fourth-order valence-electron chi connectivity index (χ4n) is 2.15. The number of nitrogens with two attached hydrogens (primary N) is 1. The van der Waals surface area contributed by atoms with Crippen molar-refractivity contribution in [3.05, 3.63) is 22.7 Å². The molecule has 6 N–H and O–H groups in total. The van der Waals surface area contributed by atoms with Gasteiger partial charge >= 0.3 is 40.2 Å². The molecule has 1 aromatic heterocycles. The van der Waals surface area contributed by atoms with Gasteiger partial charge in [0.15, 0.2) is 0 Å². The summed E-state index contributed by atoms with van der Waals surface area (Å²) in [5.74, 6) is -0.0424. The van der Waals surface area contributed by atoms with Gasteiger partial charge in [-0.2, -0.15) is 9.29 Å². The van der Waals surface area contributed by atoms with E-state index in [0.29, 0.717) is 0 Å². The molecule has 0 radical (unpaired) electrons. The van der Waals surface area contributed by atoms with Crippen LogP contribution < -0.4 is 35.2 Å². The first kappa shape index (κ1) is 26.6. The Morgan fingerprint density at radius 3 is 2.45 bits per heavy atom. The zero-order valence-corrected chi connectivity index (χ0v) is 17.3. The topological polar surface area (TPSA) is 253 Å². The number of phosphoric ester groups is 1. The van der Waals surface area contributed by atoms with Crippen molar-refractivity contribution in [1.29, 1.82) is 0 Å². The zero-order chi connectivity index (χ0) is 21.3. The largest absolute Gasteiger partial charge is 1.00 e. The maximum absolute atomic E-state index is 11.8. The molecule has 20 heteroatoms. The average molecular weight is 473 g/mol. The van der Waals surface area contributed by atoms with E-state index >= 15 is 0 Å². The van der Waals surface area contributed by atoms with Gasteiger partial charge in [0, 0.05) is 12.6 Å². The van der Waals surface area contributed by atoms with E-state index in [9.17, 15) is 33.4 Å². The molecule has 0 aromatic carbocycles. The first-order valence-electron chi connectivity index (χ1n) is 7.12. The Morgan fingerprint density at radius 1 is 1.28 bits per heavy atom. The molecule has 29 heavy (non-hydrogen) atoms. The van der Waals surface area contributed by atoms with E-state index in [1.165, 1.54) is 12.3 Å². The molecule has 0 amide bonds. The van der Waals surface area contributed by atoms with Gasteiger partial charge < -0.3 is 35.2 Å². The van der Waals surface area contributed by atoms with Crippen LogP contribution in [0.4, 0.5) is 5.82 Å². The van der Waals surface area contributed by atoms with Crippen LogP contribution >= 0.6 is 23.5 Å². The maximum Gasteiger partial charge on any atom is 1.00 e. The van der Waals surface area contributed by atoms with Crippen LogP contribution in [0.25, 0.3) is 0 Å². The Hall–Kier alpha value is -0.393. The number of rotatable bonds is 8. The fourth-order valence-corrected chi connectivity index (χ4v) is 5.15. The average Bonchev–Trinajstić information content (AvgIpc) is 2.82. The predicted octanol–water partition coefficient (Wildman–Crippen LogP) is -4.81. The summed E-state index contributed by atoms with van der Waals surface area (Å²) in [5.41, 5.74) is 4.57. The predicted molar refractivity (Wildman–Crippen MR) is 85.0 cm³/mol. The molecule has 0 saturated carbocycles. The normalized spacial score (nSPS) is 28.0. The fraction of sp³-hybridized carbons (Fsp3) is 0.556. The van der Waals surface area contributed by atoms with E-state index in [1.807, 2.05) is 0 Å². The van der Waals surface area contributed by atoms with Crippen LogP contribution in [0.5, 0.6) is 0 Å². The summed E-state index contributed by atoms with van der Waals surface area (Å²) in [4.78, 5) is 52.3. The van der Waals surface area contributed by atoms with Gasteiger partial charge in [-0.05, 0) is 6.07 Å². The molecule has 1 aliphatic heterocycles. The number of hydrogen-bond acceptors (Lipinski definition) is 12. The van der Waals surface area contributed by atoms with Crippen LogP contribution in [-0.2, 0) is 31.6 Å². The monoisotopic (exact) mass is 473 g/mol. The Labute approximate surface area is 174 Å². The molecule has 6 unspecified atom stereocenters. The summed E-state index contributed by atoms with van der Waals surface area (Å²) in [7, 11) is -16.9. The summed E-state index contributed by atoms with van der Waals surface area (Å²) in [6, 6.07) is 1.30. The molecule has 1 aromatic rings. The molecule has 0 aliphatic carbocycles. The Kier molecular flexibility index (Phi) is 9.02. The maximum atomic E-state index is 11.8. The van der Waals surface area contributed by atoms with Crippen molar-refractivity contribution in [3.63, 3.8) is 0 Å². The Morgan fingerprint density at radius 2 is 1.90 bits per heavy atom. The summed E-state index contributed by atoms with van der Waals surface area (Å²) in [6.07, 6.45) is -2.47. The van der Waals surface area contributed by atoms with Gasteiger partial charge in [-0.1, -0.05) is 0 Å². The number of aliphatic hydroxyl groups excluding tert-OH is 1. The summed E-state index contributed by atoms with van der Waals surface area (Å²) >= 11 is 0. The molecule has 2 heterocycles. The zero-order valence-electron chi connectivity index (χ0n) is 14.6. The van der Waals surface area contributed by atoms with Gasteiger partial charge in [-0.25, -0.2) is 18.2 Å². The van der Waals surface area contributed by atoms with E-state index in [2.05, 4.69) is 18.1 Å². The smallest absolute Gasteiger partial charge is 0.756 e. The number of nitrogen functional groups attached to an aromatic ring is 1. The molecule has 1 saturated heterocycles. The molecule has 2 rings (SSSR count). The first-order chi connectivity index (χ1) is 12.7. The number of nitrogens with zero attached hydrogens (tertiary/aromatic N) is 2. The SMILES string of the molecule is Nc1ccn(C2CC(O)C(COP(=O)(O)OP(=O)(O)OP(=O)([O-])O)O2)c(=O)n1.[Li+]. The molecule has 160 valence electrons. The molecular formula is C9H15LiN3O13P3. The summed E-state index contributed by atoms with van der Waals surface area (Å²) in [5, 5.41) is 9.93. The van der Waals surface area contributed by atoms with Crippen LogP contribution in [0.15, 0.2) is 17.1 Å². The van der Waals surface area contributed by atoms with Crippen LogP contribution in [-0.4, -0.2) is 48.2 Å². The van der Waals surface area contributed by atoms with Crippen molar-refractivity contribution < 1.29 is 75.1 Å². The Bertz CT molecular complexity index is 920. The number of anilines is 1. The summed E-state index contributed by atoms with van der Waals surface area (Å²) in [6.45, 7) is -0.864. The molecule has 0 bridgehead atoms. The third kappa shape index (κ3) is 8.33. The number of ether oxygens (including phenoxy) is 1. The van der Waals surface area contributed by atoms with Crippen LogP contribution in [0, 0.1) is 0 Å². The van der Waals surface area contributed by atoms with Crippen molar-refractivity contribution in [1.82, 2.24) is 9.55 Å². The second kappa shape index (κ2) is 9.82. The van der Waals surface area contributed by atoms with Crippen molar-refractivity contribution >= 4 is 29.3 Å². The minimum atomic E-state index is -5.76. The van der Waals surface area contributed by atoms with Gasteiger partial charge in [-0.3, -0.25) is 13.7 Å². The number of aliphatic hydroxyl groups is 1.